The minimum Gasteiger partial charge on any atom is -0.324 e. The van der Waals surface area contributed by atoms with Gasteiger partial charge in [-0.3, -0.25) is 0 Å². The van der Waals surface area contributed by atoms with Gasteiger partial charge in [-0.15, -0.1) is 0 Å². The molecule has 0 bridgehead atoms. The number of hydrogen-bond donors (Lipinski definition) is 1. The molecule has 0 saturated heterocycles. The Morgan fingerprint density at radius 3 is 2.60 bits per heavy atom. The normalized spacial score (nSPS) is 20.7. The lowest BCUT2D eigenvalue weighted by Gasteiger charge is -2.34. The maximum Gasteiger partial charge on any atom is 0.115 e. The zero-order valence-corrected chi connectivity index (χ0v) is 9.17. The second-order valence-electron chi connectivity index (χ2n) is 4.67. The fourth-order valence-corrected chi connectivity index (χ4v) is 2.22. The Labute approximate surface area is 90.5 Å². The second-order valence-corrected chi connectivity index (χ2v) is 4.67. The van der Waals surface area contributed by atoms with Crippen LogP contribution < -0.4 is 5.73 Å². The van der Waals surface area contributed by atoms with E-state index in [0.717, 1.165) is 17.5 Å². The third kappa shape index (κ3) is 2.20. The molecule has 1 aliphatic carbocycles. The Kier molecular flexibility index (Phi) is 2.79. The topological polar surface area (TPSA) is 26.0 Å². The molecule has 0 aliphatic heterocycles. The van der Waals surface area contributed by atoms with Crippen LogP contribution in [-0.2, 0) is 6.42 Å². The van der Waals surface area contributed by atoms with Crippen molar-refractivity contribution in [1.82, 2.24) is 0 Å². The molecular formula is C13H18FN. The molecule has 0 spiro atoms. The predicted octanol–water partition coefficient (Wildman–Crippen LogP) is 3.14. The summed E-state index contributed by atoms with van der Waals surface area (Å²) in [7, 11) is 0. The Morgan fingerprint density at radius 2 is 2.07 bits per heavy atom. The molecule has 2 rings (SSSR count). The van der Waals surface area contributed by atoms with E-state index < -0.39 is 5.67 Å². The fraction of sp³-hybridized carbons (Fsp3) is 0.538. The van der Waals surface area contributed by atoms with Gasteiger partial charge in [0.15, 0.2) is 0 Å². The van der Waals surface area contributed by atoms with E-state index in [-0.39, 0.29) is 6.04 Å². The van der Waals surface area contributed by atoms with Gasteiger partial charge < -0.3 is 5.73 Å². The van der Waals surface area contributed by atoms with Crippen molar-refractivity contribution in [2.45, 2.75) is 44.3 Å². The van der Waals surface area contributed by atoms with E-state index in [1.54, 1.807) is 0 Å². The number of hydrogen-bond acceptors (Lipinski definition) is 1. The summed E-state index contributed by atoms with van der Waals surface area (Å²) in [6.45, 7) is 1.95. The molecule has 1 unspecified atom stereocenters. The molecule has 1 atom stereocenters. The molecule has 0 heterocycles. The third-order valence-electron chi connectivity index (χ3n) is 3.30. The SMILES string of the molecule is CC(N)c1ccccc1CC1(F)CCC1. The van der Waals surface area contributed by atoms with Gasteiger partial charge in [-0.05, 0) is 37.3 Å². The number of halogens is 1. The smallest absolute Gasteiger partial charge is 0.115 e. The highest BCUT2D eigenvalue weighted by Gasteiger charge is 2.37. The molecule has 2 N–H and O–H groups in total. The highest BCUT2D eigenvalue weighted by atomic mass is 19.1. The van der Waals surface area contributed by atoms with Crippen molar-refractivity contribution < 1.29 is 4.39 Å². The minimum atomic E-state index is -0.953. The zero-order valence-electron chi connectivity index (χ0n) is 9.17. The van der Waals surface area contributed by atoms with Crippen LogP contribution >= 0.6 is 0 Å². The van der Waals surface area contributed by atoms with E-state index in [1.807, 2.05) is 31.2 Å². The van der Waals surface area contributed by atoms with Crippen LogP contribution in [0.4, 0.5) is 4.39 Å². The van der Waals surface area contributed by atoms with Crippen molar-refractivity contribution in [3.63, 3.8) is 0 Å². The number of alkyl halides is 1. The van der Waals surface area contributed by atoms with E-state index in [0.29, 0.717) is 19.3 Å². The van der Waals surface area contributed by atoms with Crippen molar-refractivity contribution in [1.29, 1.82) is 0 Å². The van der Waals surface area contributed by atoms with Crippen molar-refractivity contribution in [2.24, 2.45) is 5.73 Å². The molecule has 15 heavy (non-hydrogen) atoms. The van der Waals surface area contributed by atoms with Crippen LogP contribution in [0.15, 0.2) is 24.3 Å². The van der Waals surface area contributed by atoms with Gasteiger partial charge >= 0.3 is 0 Å². The van der Waals surface area contributed by atoms with E-state index in [2.05, 4.69) is 0 Å². The first-order valence-corrected chi connectivity index (χ1v) is 5.63. The Balaban J connectivity index is 2.20. The monoisotopic (exact) mass is 207 g/mol. The lowest BCUT2D eigenvalue weighted by Crippen LogP contribution is -2.34. The van der Waals surface area contributed by atoms with E-state index in [4.69, 9.17) is 5.73 Å². The van der Waals surface area contributed by atoms with Gasteiger partial charge in [0.1, 0.15) is 5.67 Å². The molecule has 1 aromatic carbocycles. The first-order valence-electron chi connectivity index (χ1n) is 5.63. The van der Waals surface area contributed by atoms with Crippen LogP contribution in [0.1, 0.15) is 43.4 Å². The Bertz CT molecular complexity index is 342. The first-order chi connectivity index (χ1) is 7.11. The second kappa shape index (κ2) is 3.93. The summed E-state index contributed by atoms with van der Waals surface area (Å²) < 4.78 is 14.0. The molecule has 1 saturated carbocycles. The summed E-state index contributed by atoms with van der Waals surface area (Å²) in [5, 5.41) is 0. The van der Waals surface area contributed by atoms with Crippen LogP contribution in [0.2, 0.25) is 0 Å². The Hall–Kier alpha value is -0.890. The van der Waals surface area contributed by atoms with Crippen molar-refractivity contribution >= 4 is 0 Å². The van der Waals surface area contributed by atoms with Crippen LogP contribution in [-0.4, -0.2) is 5.67 Å². The quantitative estimate of drug-likeness (QED) is 0.809. The Morgan fingerprint density at radius 1 is 1.40 bits per heavy atom. The molecule has 1 fully saturated rings. The summed E-state index contributed by atoms with van der Waals surface area (Å²) in [5.41, 5.74) is 7.08. The van der Waals surface area contributed by atoms with Crippen LogP contribution in [0, 0.1) is 0 Å². The molecule has 1 aromatic rings. The molecule has 0 radical (unpaired) electrons. The van der Waals surface area contributed by atoms with Crippen molar-refractivity contribution in [3.8, 4) is 0 Å². The standard InChI is InChI=1S/C13H18FN/c1-10(15)12-6-3-2-5-11(12)9-13(14)7-4-8-13/h2-3,5-6,10H,4,7-9,15H2,1H3. The highest BCUT2D eigenvalue weighted by Crippen LogP contribution is 2.39. The summed E-state index contributed by atoms with van der Waals surface area (Å²) in [6, 6.07) is 7.92. The maximum atomic E-state index is 14.0. The lowest BCUT2D eigenvalue weighted by molar-refractivity contribution is 0.0638. The maximum absolute atomic E-state index is 14.0. The summed E-state index contributed by atoms with van der Waals surface area (Å²) in [5.74, 6) is 0. The number of rotatable bonds is 3. The van der Waals surface area contributed by atoms with Gasteiger partial charge in [0.2, 0.25) is 0 Å². The average Bonchev–Trinajstić information content (AvgIpc) is 2.16. The molecule has 0 aromatic heterocycles. The molecule has 82 valence electrons. The molecule has 1 nitrogen and oxygen atoms in total. The van der Waals surface area contributed by atoms with Gasteiger partial charge in [0, 0.05) is 12.5 Å². The first kappa shape index (κ1) is 10.6. The largest absolute Gasteiger partial charge is 0.324 e. The fourth-order valence-electron chi connectivity index (χ4n) is 2.22. The van der Waals surface area contributed by atoms with Crippen LogP contribution in [0.3, 0.4) is 0 Å². The minimum absolute atomic E-state index is 0.00937. The van der Waals surface area contributed by atoms with Gasteiger partial charge in [-0.2, -0.15) is 0 Å². The van der Waals surface area contributed by atoms with Gasteiger partial charge in [-0.1, -0.05) is 24.3 Å². The molecule has 2 heteroatoms. The number of nitrogens with two attached hydrogens (primary N) is 1. The summed E-state index contributed by atoms with van der Waals surface area (Å²) >= 11 is 0. The lowest BCUT2D eigenvalue weighted by atomic mass is 9.76. The molecular weight excluding hydrogens is 189 g/mol. The van der Waals surface area contributed by atoms with E-state index >= 15 is 0 Å². The average molecular weight is 207 g/mol. The van der Waals surface area contributed by atoms with Gasteiger partial charge in [0.25, 0.3) is 0 Å². The van der Waals surface area contributed by atoms with Gasteiger partial charge in [-0.25, -0.2) is 4.39 Å². The van der Waals surface area contributed by atoms with Crippen LogP contribution in [0.5, 0.6) is 0 Å². The van der Waals surface area contributed by atoms with E-state index in [9.17, 15) is 4.39 Å². The highest BCUT2D eigenvalue weighted by molar-refractivity contribution is 5.31. The number of benzene rings is 1. The zero-order chi connectivity index (χ0) is 10.9. The van der Waals surface area contributed by atoms with Gasteiger partial charge in [0.05, 0.1) is 0 Å². The summed E-state index contributed by atoms with van der Waals surface area (Å²) in [4.78, 5) is 0. The van der Waals surface area contributed by atoms with Crippen molar-refractivity contribution in [2.75, 3.05) is 0 Å². The molecule has 0 amide bonds. The van der Waals surface area contributed by atoms with Crippen LogP contribution in [0.25, 0.3) is 0 Å². The van der Waals surface area contributed by atoms with E-state index in [1.165, 1.54) is 0 Å². The predicted molar refractivity (Wildman–Crippen MR) is 60.4 cm³/mol. The third-order valence-corrected chi connectivity index (χ3v) is 3.30. The summed E-state index contributed by atoms with van der Waals surface area (Å²) in [6.07, 6.45) is 2.97. The van der Waals surface area contributed by atoms with Crippen molar-refractivity contribution in [3.05, 3.63) is 35.4 Å². The molecule has 1 aliphatic rings.